The van der Waals surface area contributed by atoms with Gasteiger partial charge in [-0.2, -0.15) is 0 Å². The molecule has 3 N–H and O–H groups in total. The molecule has 6 rings (SSSR count). The molecule has 5 aromatic rings. The first-order valence-electron chi connectivity index (χ1n) is 12.5. The molecule has 0 saturated carbocycles. The molecule has 0 unspecified atom stereocenters. The third kappa shape index (κ3) is 3.89. The van der Waals surface area contributed by atoms with Crippen LogP contribution in [0.15, 0.2) is 60.7 Å². The van der Waals surface area contributed by atoms with Crippen LogP contribution in [0.25, 0.3) is 32.7 Å². The summed E-state index contributed by atoms with van der Waals surface area (Å²) in [5.41, 5.74) is 5.64. The first-order chi connectivity index (χ1) is 17.7. The average molecular weight is 493 g/mol. The predicted octanol–water partition coefficient (Wildman–Crippen LogP) is 6.66. The molecule has 3 aromatic carbocycles. The lowest BCUT2D eigenvalue weighted by Crippen LogP contribution is -2.24. The summed E-state index contributed by atoms with van der Waals surface area (Å²) < 4.78 is 5.72. The number of carboxylic acids is 1. The van der Waals surface area contributed by atoms with Crippen LogP contribution in [0.2, 0.25) is 0 Å². The van der Waals surface area contributed by atoms with E-state index in [1.54, 1.807) is 0 Å². The molecular weight excluding hydrogens is 464 g/mol. The number of ether oxygens (including phenoxy) is 1. The lowest BCUT2D eigenvalue weighted by molar-refractivity contribution is 0.00655. The highest BCUT2D eigenvalue weighted by Crippen LogP contribution is 2.40. The van der Waals surface area contributed by atoms with Gasteiger partial charge in [-0.25, -0.2) is 9.59 Å². The maximum absolute atomic E-state index is 13.2. The zero-order valence-electron chi connectivity index (χ0n) is 21.1. The van der Waals surface area contributed by atoms with Crippen LogP contribution in [0.1, 0.15) is 64.3 Å². The zero-order chi connectivity index (χ0) is 25.9. The number of benzene rings is 3. The second-order valence-corrected chi connectivity index (χ2v) is 10.7. The Labute approximate surface area is 214 Å². The van der Waals surface area contributed by atoms with E-state index in [2.05, 4.69) is 28.2 Å². The second kappa shape index (κ2) is 8.37. The van der Waals surface area contributed by atoms with Gasteiger partial charge in [0.2, 0.25) is 0 Å². The van der Waals surface area contributed by atoms with Crippen LogP contribution >= 0.6 is 0 Å². The maximum Gasteiger partial charge on any atom is 0.355 e. The monoisotopic (exact) mass is 492 g/mol. The van der Waals surface area contributed by atoms with Crippen LogP contribution in [-0.4, -0.2) is 32.6 Å². The summed E-state index contributed by atoms with van der Waals surface area (Å²) in [5.74, 6) is -1.39. The van der Waals surface area contributed by atoms with Crippen LogP contribution in [0.4, 0.5) is 0 Å². The third-order valence-electron chi connectivity index (χ3n) is 7.07. The van der Waals surface area contributed by atoms with Crippen LogP contribution in [-0.2, 0) is 24.0 Å². The van der Waals surface area contributed by atoms with Crippen LogP contribution in [0.5, 0.6) is 0 Å². The van der Waals surface area contributed by atoms with Gasteiger partial charge in [0, 0.05) is 34.1 Å². The van der Waals surface area contributed by atoms with Gasteiger partial charge >= 0.3 is 11.9 Å². The number of carbonyl (C=O) groups is 2. The summed E-state index contributed by atoms with van der Waals surface area (Å²) in [7, 11) is 0. The van der Waals surface area contributed by atoms with Crippen molar-refractivity contribution in [1.29, 1.82) is 0 Å². The van der Waals surface area contributed by atoms with Crippen molar-refractivity contribution in [2.24, 2.45) is 0 Å². The molecule has 1 aliphatic rings. The minimum absolute atomic E-state index is 0.213. The Hall–Kier alpha value is -4.32. The molecule has 2 aromatic heterocycles. The fourth-order valence-corrected chi connectivity index (χ4v) is 5.60. The van der Waals surface area contributed by atoms with Crippen LogP contribution in [0, 0.1) is 0 Å². The van der Waals surface area contributed by atoms with Crippen molar-refractivity contribution in [1.82, 2.24) is 9.97 Å². The number of aromatic nitrogens is 2. The van der Waals surface area contributed by atoms with E-state index in [-0.39, 0.29) is 5.69 Å². The van der Waals surface area contributed by atoms with Gasteiger partial charge in [0.15, 0.2) is 0 Å². The molecule has 37 heavy (non-hydrogen) atoms. The van der Waals surface area contributed by atoms with Gasteiger partial charge in [-0.15, -0.1) is 0 Å². The molecule has 2 heterocycles. The van der Waals surface area contributed by atoms with Crippen molar-refractivity contribution in [3.05, 3.63) is 94.6 Å². The average Bonchev–Trinajstić information content (AvgIpc) is 3.42. The second-order valence-electron chi connectivity index (χ2n) is 10.7. The highest BCUT2D eigenvalue weighted by molar-refractivity contribution is 6.15. The molecule has 0 aliphatic heterocycles. The Bertz CT molecular complexity index is 1710. The molecule has 0 saturated heterocycles. The SMILES string of the molecule is CC(C)(C)OC(=O)c1[nH]c(Cc2[nH]c(C(=O)O)c3c2CCc2ccccc2-3)c2c1ccc1ccccc12. The van der Waals surface area contributed by atoms with E-state index < -0.39 is 17.5 Å². The molecule has 0 amide bonds. The Balaban J connectivity index is 1.55. The van der Waals surface area contributed by atoms with Crippen LogP contribution in [0.3, 0.4) is 0 Å². The van der Waals surface area contributed by atoms with E-state index in [4.69, 9.17) is 4.74 Å². The summed E-state index contributed by atoms with van der Waals surface area (Å²) in [5, 5.41) is 13.9. The normalized spacial score (nSPS) is 12.9. The van der Waals surface area contributed by atoms with E-state index >= 15 is 0 Å². The molecule has 1 aliphatic carbocycles. The minimum atomic E-state index is -0.976. The van der Waals surface area contributed by atoms with E-state index in [1.807, 2.05) is 63.2 Å². The maximum atomic E-state index is 13.2. The number of hydrogen-bond donors (Lipinski definition) is 3. The topological polar surface area (TPSA) is 95.2 Å². The van der Waals surface area contributed by atoms with E-state index in [9.17, 15) is 14.7 Å². The number of rotatable bonds is 4. The largest absolute Gasteiger partial charge is 0.477 e. The zero-order valence-corrected chi connectivity index (χ0v) is 21.1. The highest BCUT2D eigenvalue weighted by Gasteiger charge is 2.29. The van der Waals surface area contributed by atoms with E-state index in [1.165, 1.54) is 0 Å². The number of esters is 1. The summed E-state index contributed by atoms with van der Waals surface area (Å²) in [6.45, 7) is 5.55. The number of H-pyrrole nitrogens is 2. The molecule has 0 bridgehead atoms. The van der Waals surface area contributed by atoms with E-state index in [0.29, 0.717) is 12.1 Å². The number of hydrogen-bond acceptors (Lipinski definition) is 3. The quantitative estimate of drug-likeness (QED) is 0.245. The summed E-state index contributed by atoms with van der Waals surface area (Å²) in [6.07, 6.45) is 2.04. The first kappa shape index (κ1) is 23.1. The lowest BCUT2D eigenvalue weighted by Gasteiger charge is -2.19. The van der Waals surface area contributed by atoms with Crippen LogP contribution < -0.4 is 0 Å². The van der Waals surface area contributed by atoms with Crippen molar-refractivity contribution >= 4 is 33.5 Å². The smallest absolute Gasteiger partial charge is 0.355 e. The summed E-state index contributed by atoms with van der Waals surface area (Å²) in [4.78, 5) is 32.1. The molecule has 0 spiro atoms. The Morgan fingerprint density at radius 2 is 1.59 bits per heavy atom. The fourth-order valence-electron chi connectivity index (χ4n) is 5.60. The van der Waals surface area contributed by atoms with Gasteiger partial charge in [-0.1, -0.05) is 60.7 Å². The molecule has 0 fully saturated rings. The van der Waals surface area contributed by atoms with Crippen molar-refractivity contribution < 1.29 is 19.4 Å². The Kier molecular flexibility index (Phi) is 5.23. The summed E-state index contributed by atoms with van der Waals surface area (Å²) >= 11 is 0. The lowest BCUT2D eigenvalue weighted by atomic mass is 9.85. The molecule has 6 nitrogen and oxygen atoms in total. The van der Waals surface area contributed by atoms with Gasteiger partial charge in [-0.05, 0) is 61.1 Å². The number of nitrogens with one attached hydrogen (secondary N) is 2. The van der Waals surface area contributed by atoms with Gasteiger partial charge in [0.25, 0.3) is 0 Å². The summed E-state index contributed by atoms with van der Waals surface area (Å²) in [6, 6.07) is 20.1. The van der Waals surface area contributed by atoms with Gasteiger partial charge in [0.1, 0.15) is 17.0 Å². The fraction of sp³-hybridized carbons (Fsp3) is 0.226. The Morgan fingerprint density at radius 1 is 0.865 bits per heavy atom. The molecule has 0 atom stereocenters. The van der Waals surface area contributed by atoms with Gasteiger partial charge in [-0.3, -0.25) is 0 Å². The van der Waals surface area contributed by atoms with Crippen molar-refractivity contribution in [3.8, 4) is 11.1 Å². The van der Waals surface area contributed by atoms with Crippen molar-refractivity contribution in [2.75, 3.05) is 0 Å². The van der Waals surface area contributed by atoms with Gasteiger partial charge in [0.05, 0.1) is 0 Å². The first-order valence-corrected chi connectivity index (χ1v) is 12.5. The van der Waals surface area contributed by atoms with E-state index in [0.717, 1.165) is 68.0 Å². The third-order valence-corrected chi connectivity index (χ3v) is 7.07. The standard InChI is InChI=1S/C31H28N2O4/c1-31(2,3)37-30(36)27-22-15-13-17-8-4-6-10-19(17)25(22)24(33-27)16-23-21-14-12-18-9-5-7-11-20(18)26(21)28(32-23)29(34)35/h4-11,13,15,32-33H,12,14,16H2,1-3H3,(H,34,35). The molecule has 186 valence electrons. The molecule has 0 radical (unpaired) electrons. The molecular formula is C31H28N2O4. The number of aromatic amines is 2. The molecule has 6 heteroatoms. The number of carbonyl (C=O) groups excluding carboxylic acids is 1. The predicted molar refractivity (Wildman–Crippen MR) is 144 cm³/mol. The number of fused-ring (bicyclic) bond motifs is 6. The van der Waals surface area contributed by atoms with Crippen molar-refractivity contribution in [3.63, 3.8) is 0 Å². The number of carboxylic acid groups (broad SMARTS) is 1. The Morgan fingerprint density at radius 3 is 2.38 bits per heavy atom. The van der Waals surface area contributed by atoms with Gasteiger partial charge < -0.3 is 19.8 Å². The highest BCUT2D eigenvalue weighted by atomic mass is 16.6. The number of aromatic carboxylic acids is 1. The minimum Gasteiger partial charge on any atom is -0.477 e. The van der Waals surface area contributed by atoms with Crippen molar-refractivity contribution in [2.45, 2.75) is 45.6 Å². The number of aryl methyl sites for hydroxylation is 1.